The Morgan fingerprint density at radius 2 is 2.27 bits per heavy atom. The molecule has 0 spiro atoms. The van der Waals surface area contributed by atoms with Gasteiger partial charge in [0.2, 0.25) is 11.9 Å². The second-order valence-corrected chi connectivity index (χ2v) is 5.99. The van der Waals surface area contributed by atoms with Crippen LogP contribution in [0.4, 0.5) is 5.95 Å². The lowest BCUT2D eigenvalue weighted by atomic mass is 9.98. The summed E-state index contributed by atoms with van der Waals surface area (Å²) in [4.78, 5) is 34.5. The summed E-state index contributed by atoms with van der Waals surface area (Å²) in [5, 5.41) is 32.8. The molecule has 3 rings (SSSR count). The number of hydrogen-bond acceptors (Lipinski definition) is 9. The molecule has 4 atom stereocenters. The van der Waals surface area contributed by atoms with Gasteiger partial charge in [-0.2, -0.15) is 4.98 Å². The van der Waals surface area contributed by atoms with Crippen LogP contribution in [-0.2, 0) is 15.3 Å². The Bertz CT molecular complexity index is 880. The molecule has 1 amide bonds. The number of nitrogens with zero attached hydrogens (tertiary/aromatic N) is 3. The van der Waals surface area contributed by atoms with E-state index in [1.54, 1.807) is 6.92 Å². The molecule has 26 heavy (non-hydrogen) atoms. The number of nitrogens with one attached hydrogen (secondary N) is 2. The first kappa shape index (κ1) is 18.3. The first-order valence-electron chi connectivity index (χ1n) is 7.99. The van der Waals surface area contributed by atoms with Gasteiger partial charge in [-0.1, -0.05) is 0 Å². The van der Waals surface area contributed by atoms with E-state index in [1.807, 2.05) is 0 Å². The van der Waals surface area contributed by atoms with Crippen LogP contribution in [0.15, 0.2) is 11.1 Å². The van der Waals surface area contributed by atoms with Crippen molar-refractivity contribution in [2.45, 2.75) is 37.4 Å². The van der Waals surface area contributed by atoms with Gasteiger partial charge < -0.3 is 31.1 Å². The van der Waals surface area contributed by atoms with Crippen molar-refractivity contribution in [2.75, 3.05) is 18.9 Å². The molecule has 1 saturated heterocycles. The fourth-order valence-corrected chi connectivity index (χ4v) is 3.14. The zero-order chi connectivity index (χ0) is 19.1. The van der Waals surface area contributed by atoms with Crippen LogP contribution in [0.25, 0.3) is 11.2 Å². The minimum Gasteiger partial charge on any atom is -0.394 e. The number of nitrogens with two attached hydrogens (primary N) is 1. The number of aliphatic hydroxyl groups excluding tert-OH is 3. The van der Waals surface area contributed by atoms with Crippen LogP contribution in [0.5, 0.6) is 0 Å². The highest BCUT2D eigenvalue weighted by Gasteiger charge is 2.57. The van der Waals surface area contributed by atoms with Gasteiger partial charge >= 0.3 is 0 Å². The summed E-state index contributed by atoms with van der Waals surface area (Å²) in [5.74, 6) is -0.666. The first-order chi connectivity index (χ1) is 12.3. The van der Waals surface area contributed by atoms with E-state index in [2.05, 4.69) is 20.3 Å². The maximum Gasteiger partial charge on any atom is 0.280 e. The van der Waals surface area contributed by atoms with Crippen molar-refractivity contribution in [2.24, 2.45) is 0 Å². The Morgan fingerprint density at radius 1 is 1.54 bits per heavy atom. The lowest BCUT2D eigenvalue weighted by Gasteiger charge is -2.33. The van der Waals surface area contributed by atoms with Crippen molar-refractivity contribution in [3.63, 3.8) is 0 Å². The second-order valence-electron chi connectivity index (χ2n) is 5.99. The fraction of sp³-hybridized carbons (Fsp3) is 0.571. The number of aromatic amines is 1. The maximum absolute atomic E-state index is 12.2. The predicted octanol–water partition coefficient (Wildman–Crippen LogP) is -3.01. The molecule has 12 heteroatoms. The summed E-state index contributed by atoms with van der Waals surface area (Å²) in [5.41, 5.74) is 3.04. The van der Waals surface area contributed by atoms with Crippen molar-refractivity contribution in [3.8, 4) is 0 Å². The van der Waals surface area contributed by atoms with Gasteiger partial charge in [0.25, 0.3) is 5.56 Å². The quantitative estimate of drug-likeness (QED) is 0.319. The molecular weight excluding hydrogens is 348 g/mol. The highest BCUT2D eigenvalue weighted by molar-refractivity contribution is 5.78. The zero-order valence-corrected chi connectivity index (χ0v) is 13.9. The van der Waals surface area contributed by atoms with Gasteiger partial charge in [0.15, 0.2) is 16.9 Å². The predicted molar refractivity (Wildman–Crippen MR) is 87.8 cm³/mol. The van der Waals surface area contributed by atoms with Crippen LogP contribution in [0.1, 0.15) is 13.3 Å². The number of carbonyl (C=O) groups is 1. The van der Waals surface area contributed by atoms with Crippen LogP contribution >= 0.6 is 0 Å². The summed E-state index contributed by atoms with van der Waals surface area (Å²) in [6, 6.07) is 0. The lowest BCUT2D eigenvalue weighted by molar-refractivity contribution is -0.161. The number of H-pyrrole nitrogens is 1. The molecular formula is C14H20N6O6. The summed E-state index contributed by atoms with van der Waals surface area (Å²) >= 11 is 0. The van der Waals surface area contributed by atoms with E-state index < -0.39 is 48.5 Å². The molecule has 12 nitrogen and oxygen atoms in total. The van der Waals surface area contributed by atoms with Crippen LogP contribution < -0.4 is 16.6 Å². The van der Waals surface area contributed by atoms with Crippen molar-refractivity contribution in [1.82, 2.24) is 24.8 Å². The van der Waals surface area contributed by atoms with E-state index in [4.69, 9.17) is 10.5 Å². The molecule has 3 heterocycles. The molecule has 0 unspecified atom stereocenters. The Morgan fingerprint density at radius 3 is 2.88 bits per heavy atom. The van der Waals surface area contributed by atoms with Gasteiger partial charge in [0.1, 0.15) is 18.3 Å². The Kier molecular flexibility index (Phi) is 4.66. The summed E-state index contributed by atoms with van der Waals surface area (Å²) in [6.07, 6.45) is -3.44. The third-order valence-corrected chi connectivity index (χ3v) is 4.32. The third-order valence-electron chi connectivity index (χ3n) is 4.32. The van der Waals surface area contributed by atoms with E-state index >= 15 is 0 Å². The summed E-state index contributed by atoms with van der Waals surface area (Å²) < 4.78 is 6.88. The monoisotopic (exact) mass is 368 g/mol. The minimum atomic E-state index is -1.83. The number of amides is 1. The molecule has 1 aliphatic rings. The average molecular weight is 368 g/mol. The van der Waals surface area contributed by atoms with Gasteiger partial charge in [-0.15, -0.1) is 0 Å². The number of fused-ring (bicyclic) bond motifs is 1. The van der Waals surface area contributed by atoms with Gasteiger partial charge in [0, 0.05) is 6.54 Å². The average Bonchev–Trinajstić information content (AvgIpc) is 3.11. The van der Waals surface area contributed by atoms with Crippen LogP contribution in [0, 0.1) is 0 Å². The second kappa shape index (κ2) is 6.64. The number of hydrogen-bond donors (Lipinski definition) is 6. The van der Waals surface area contributed by atoms with E-state index in [0.717, 1.165) is 0 Å². The number of carbonyl (C=O) groups excluding carboxylic acids is 1. The Labute approximate surface area is 146 Å². The van der Waals surface area contributed by atoms with Crippen LogP contribution in [0.3, 0.4) is 0 Å². The highest BCUT2D eigenvalue weighted by atomic mass is 16.6. The Balaban J connectivity index is 2.19. The summed E-state index contributed by atoms with van der Waals surface area (Å²) in [7, 11) is 0. The molecule has 2 aromatic heterocycles. The van der Waals surface area contributed by atoms with Crippen molar-refractivity contribution >= 4 is 23.0 Å². The molecule has 1 fully saturated rings. The van der Waals surface area contributed by atoms with E-state index in [0.29, 0.717) is 6.54 Å². The fourth-order valence-electron chi connectivity index (χ4n) is 3.14. The van der Waals surface area contributed by atoms with E-state index in [-0.39, 0.29) is 17.1 Å². The largest absolute Gasteiger partial charge is 0.394 e. The molecule has 0 saturated carbocycles. The molecule has 1 aliphatic heterocycles. The van der Waals surface area contributed by atoms with Gasteiger partial charge in [-0.25, -0.2) is 4.98 Å². The first-order valence-corrected chi connectivity index (χ1v) is 7.99. The highest BCUT2D eigenvalue weighted by Crippen LogP contribution is 2.39. The lowest BCUT2D eigenvalue weighted by Crippen LogP contribution is -2.48. The Hall–Kier alpha value is -2.54. The van der Waals surface area contributed by atoms with Crippen LogP contribution in [0.2, 0.25) is 0 Å². The standard InChI is InChI=1S/C14H20N6O6/c1-2-16-7(22)3-14(10(24)9(23)6(4-21)26-14)20-5-17-8-11(20)18-13(15)19-12(8)25/h5-6,9-10,21,23-24H,2-4H2,1H3,(H,16,22)(H3,15,18,19,25)/t6-,9-,10-,14-/m1/s1. The molecule has 0 aromatic carbocycles. The minimum absolute atomic E-state index is 0.0274. The van der Waals surface area contributed by atoms with Crippen molar-refractivity contribution in [3.05, 3.63) is 16.7 Å². The summed E-state index contributed by atoms with van der Waals surface area (Å²) in [6.45, 7) is 1.47. The zero-order valence-electron chi connectivity index (χ0n) is 13.9. The maximum atomic E-state index is 12.2. The normalized spacial score (nSPS) is 28.5. The van der Waals surface area contributed by atoms with E-state index in [9.17, 15) is 24.9 Å². The third kappa shape index (κ3) is 2.72. The number of aliphatic hydroxyl groups is 3. The molecule has 7 N–H and O–H groups in total. The topological polar surface area (TPSA) is 189 Å². The smallest absolute Gasteiger partial charge is 0.280 e. The van der Waals surface area contributed by atoms with Gasteiger partial charge in [-0.3, -0.25) is 19.1 Å². The number of rotatable bonds is 5. The SMILES string of the molecule is CCNC(=O)C[C@@]1(n2cnc3c(=O)[nH]c(N)nc32)O[C@H](CO)[C@@H](O)[C@H]1O. The van der Waals surface area contributed by atoms with Crippen molar-refractivity contribution in [1.29, 1.82) is 0 Å². The molecule has 0 bridgehead atoms. The molecule has 0 aliphatic carbocycles. The van der Waals surface area contributed by atoms with Crippen molar-refractivity contribution < 1.29 is 24.9 Å². The number of imidazole rings is 1. The number of ether oxygens (including phenoxy) is 1. The number of aromatic nitrogens is 4. The molecule has 142 valence electrons. The van der Waals surface area contributed by atoms with E-state index in [1.165, 1.54) is 10.9 Å². The van der Waals surface area contributed by atoms with Crippen LogP contribution in [-0.4, -0.2) is 72.2 Å². The molecule has 0 radical (unpaired) electrons. The van der Waals surface area contributed by atoms with Gasteiger partial charge in [0.05, 0.1) is 19.4 Å². The van der Waals surface area contributed by atoms with Gasteiger partial charge in [-0.05, 0) is 6.92 Å². The number of nitrogen functional groups attached to an aromatic ring is 1. The number of anilines is 1. The molecule has 2 aromatic rings.